The van der Waals surface area contributed by atoms with Crippen LogP contribution < -0.4 is 5.32 Å². The summed E-state index contributed by atoms with van der Waals surface area (Å²) >= 11 is 0. The van der Waals surface area contributed by atoms with Gasteiger partial charge in [-0.1, -0.05) is 0 Å². The van der Waals surface area contributed by atoms with Crippen LogP contribution in [-0.4, -0.2) is 28.8 Å². The van der Waals surface area contributed by atoms with Crippen LogP contribution in [0.25, 0.3) is 0 Å². The summed E-state index contributed by atoms with van der Waals surface area (Å²) < 4.78 is 0. The van der Waals surface area contributed by atoms with Gasteiger partial charge in [0.25, 0.3) is 0 Å². The van der Waals surface area contributed by atoms with Crippen LogP contribution in [0.4, 0.5) is 0 Å². The van der Waals surface area contributed by atoms with E-state index in [0.717, 1.165) is 0 Å². The summed E-state index contributed by atoms with van der Waals surface area (Å²) in [4.78, 5) is 21.7. The molecule has 1 rings (SSSR count). The zero-order chi connectivity index (χ0) is 9.30. The Hall–Kier alpha value is -1.78. The zero-order valence-electron chi connectivity index (χ0n) is 6.29. The first-order valence-corrected chi connectivity index (χ1v) is 3.18. The Kier molecular flexibility index (Phi) is 1.86. The quantitative estimate of drug-likeness (QED) is 0.463. The second-order valence-corrected chi connectivity index (χ2v) is 2.20. The van der Waals surface area contributed by atoms with Crippen molar-refractivity contribution in [1.82, 2.24) is 5.32 Å². The number of carbonyl (C=O) groups excluding carboxylic acids is 2. The first-order chi connectivity index (χ1) is 5.57. The number of likely N-dealkylation sites (N-methyl/N-ethyl adjacent to an activating group) is 1. The lowest BCUT2D eigenvalue weighted by Gasteiger charge is -2.10. The number of aliphatic hydroxyl groups is 2. The summed E-state index contributed by atoms with van der Waals surface area (Å²) in [6.45, 7) is 0. The van der Waals surface area contributed by atoms with Crippen molar-refractivity contribution in [3.05, 3.63) is 23.3 Å². The normalized spacial score (nSPS) is 17.9. The van der Waals surface area contributed by atoms with Gasteiger partial charge in [-0.2, -0.15) is 0 Å². The second-order valence-electron chi connectivity index (χ2n) is 2.20. The maximum Gasteiger partial charge on any atom is 0.247 e. The number of nitrogens with one attached hydrogen (secondary N) is 1. The molecule has 5 heteroatoms. The number of hydrogen-bond acceptors (Lipinski definition) is 5. The minimum atomic E-state index is -0.783. The van der Waals surface area contributed by atoms with Crippen molar-refractivity contribution < 1.29 is 19.8 Å². The summed E-state index contributed by atoms with van der Waals surface area (Å²) in [6, 6.07) is 0. The van der Waals surface area contributed by atoms with E-state index in [4.69, 9.17) is 10.2 Å². The Morgan fingerprint density at radius 3 is 2.42 bits per heavy atom. The van der Waals surface area contributed by atoms with Gasteiger partial charge < -0.3 is 15.5 Å². The molecule has 0 bridgehead atoms. The Balaban J connectivity index is 3.17. The molecule has 0 saturated heterocycles. The topological polar surface area (TPSA) is 86.6 Å². The fourth-order valence-corrected chi connectivity index (χ4v) is 0.849. The van der Waals surface area contributed by atoms with Crippen molar-refractivity contribution in [2.45, 2.75) is 0 Å². The van der Waals surface area contributed by atoms with Crippen molar-refractivity contribution in [3.8, 4) is 0 Å². The molecule has 0 aromatic heterocycles. The smallest absolute Gasteiger partial charge is 0.247 e. The number of aliphatic hydroxyl groups excluding tert-OH is 2. The van der Waals surface area contributed by atoms with Gasteiger partial charge in [0.15, 0.2) is 11.5 Å². The van der Waals surface area contributed by atoms with Crippen LogP contribution in [0.5, 0.6) is 0 Å². The van der Waals surface area contributed by atoms with E-state index in [9.17, 15) is 9.59 Å². The molecule has 12 heavy (non-hydrogen) atoms. The highest BCUT2D eigenvalue weighted by Gasteiger charge is 2.27. The molecule has 0 aromatic rings. The van der Waals surface area contributed by atoms with E-state index in [1.54, 1.807) is 0 Å². The standard InChI is InChI=1S/C7H7NO4/c1-8-5-6(11)3(9)2-4(10)7(5)12/h2,8-9,12H,1H3. The van der Waals surface area contributed by atoms with Gasteiger partial charge in [0.1, 0.15) is 5.70 Å². The van der Waals surface area contributed by atoms with E-state index in [-0.39, 0.29) is 5.70 Å². The number of ketones is 2. The van der Waals surface area contributed by atoms with Crippen LogP contribution in [0.3, 0.4) is 0 Å². The molecule has 0 heterocycles. The molecule has 3 N–H and O–H groups in total. The Morgan fingerprint density at radius 2 is 1.92 bits per heavy atom. The van der Waals surface area contributed by atoms with Crippen LogP contribution in [0.1, 0.15) is 0 Å². The predicted octanol–water partition coefficient (Wildman–Crippen LogP) is -0.431. The van der Waals surface area contributed by atoms with E-state index in [2.05, 4.69) is 5.32 Å². The van der Waals surface area contributed by atoms with Gasteiger partial charge in [0, 0.05) is 13.1 Å². The molecule has 1 aliphatic carbocycles. The van der Waals surface area contributed by atoms with Gasteiger partial charge in [-0.05, 0) is 0 Å². The average molecular weight is 169 g/mol. The van der Waals surface area contributed by atoms with Gasteiger partial charge >= 0.3 is 0 Å². The minimum Gasteiger partial charge on any atom is -0.504 e. The van der Waals surface area contributed by atoms with Crippen molar-refractivity contribution >= 4 is 11.6 Å². The third-order valence-corrected chi connectivity index (χ3v) is 1.45. The van der Waals surface area contributed by atoms with Crippen LogP contribution in [0.15, 0.2) is 23.3 Å². The highest BCUT2D eigenvalue weighted by molar-refractivity contribution is 6.20. The van der Waals surface area contributed by atoms with Gasteiger partial charge in [0.05, 0.1) is 0 Å². The van der Waals surface area contributed by atoms with Crippen molar-refractivity contribution in [1.29, 1.82) is 0 Å². The first-order valence-electron chi connectivity index (χ1n) is 3.18. The van der Waals surface area contributed by atoms with Crippen LogP contribution in [0.2, 0.25) is 0 Å². The lowest BCUT2D eigenvalue weighted by atomic mass is 10.1. The molecule has 0 atom stereocenters. The first kappa shape index (κ1) is 8.32. The van der Waals surface area contributed by atoms with Crippen molar-refractivity contribution in [3.63, 3.8) is 0 Å². The van der Waals surface area contributed by atoms with E-state index in [0.29, 0.717) is 6.08 Å². The average Bonchev–Trinajstić information content (AvgIpc) is 2.02. The highest BCUT2D eigenvalue weighted by atomic mass is 16.3. The third-order valence-electron chi connectivity index (χ3n) is 1.45. The highest BCUT2D eigenvalue weighted by Crippen LogP contribution is 2.12. The molecule has 0 saturated carbocycles. The molecule has 64 valence electrons. The Bertz CT molecular complexity index is 313. The lowest BCUT2D eigenvalue weighted by molar-refractivity contribution is -0.119. The summed E-state index contributed by atoms with van der Waals surface area (Å²) in [6.07, 6.45) is 0.679. The van der Waals surface area contributed by atoms with Crippen LogP contribution in [-0.2, 0) is 9.59 Å². The van der Waals surface area contributed by atoms with Crippen LogP contribution in [0, 0.1) is 0 Å². The van der Waals surface area contributed by atoms with Gasteiger partial charge in [-0.25, -0.2) is 0 Å². The van der Waals surface area contributed by atoms with E-state index in [1.807, 2.05) is 0 Å². The largest absolute Gasteiger partial charge is 0.504 e. The monoisotopic (exact) mass is 169 g/mol. The van der Waals surface area contributed by atoms with E-state index < -0.39 is 23.1 Å². The summed E-state index contributed by atoms with van der Waals surface area (Å²) in [5.41, 5.74) is -0.278. The Morgan fingerprint density at radius 1 is 1.33 bits per heavy atom. The number of rotatable bonds is 1. The summed E-state index contributed by atoms with van der Waals surface area (Å²) in [7, 11) is 1.37. The molecule has 0 radical (unpaired) electrons. The maximum absolute atomic E-state index is 11.0. The minimum absolute atomic E-state index is 0.278. The molecule has 0 unspecified atom stereocenters. The summed E-state index contributed by atoms with van der Waals surface area (Å²) in [5.74, 6) is -2.89. The number of allylic oxidation sites excluding steroid dienone is 1. The molecule has 0 spiro atoms. The molecular weight excluding hydrogens is 162 g/mol. The SMILES string of the molecule is CNC1=C(O)C(=O)C=C(O)C1=O. The van der Waals surface area contributed by atoms with Gasteiger partial charge in [0.2, 0.25) is 11.6 Å². The van der Waals surface area contributed by atoms with Crippen LogP contribution >= 0.6 is 0 Å². The van der Waals surface area contributed by atoms with Gasteiger partial charge in [-0.15, -0.1) is 0 Å². The Labute approximate surface area is 68.0 Å². The summed E-state index contributed by atoms with van der Waals surface area (Å²) in [5, 5.41) is 20.2. The number of hydrogen-bond donors (Lipinski definition) is 3. The molecule has 5 nitrogen and oxygen atoms in total. The molecular formula is C7H7NO4. The van der Waals surface area contributed by atoms with Crippen molar-refractivity contribution in [2.24, 2.45) is 0 Å². The zero-order valence-corrected chi connectivity index (χ0v) is 6.29. The number of carbonyl (C=O) groups is 2. The van der Waals surface area contributed by atoms with E-state index >= 15 is 0 Å². The fourth-order valence-electron chi connectivity index (χ4n) is 0.849. The van der Waals surface area contributed by atoms with E-state index in [1.165, 1.54) is 7.05 Å². The molecule has 1 aliphatic rings. The lowest BCUT2D eigenvalue weighted by Crippen LogP contribution is -2.26. The molecule has 0 amide bonds. The second kappa shape index (κ2) is 2.69. The molecule has 0 aromatic carbocycles. The van der Waals surface area contributed by atoms with Crippen molar-refractivity contribution in [2.75, 3.05) is 7.05 Å². The third kappa shape index (κ3) is 1.05. The maximum atomic E-state index is 11.0. The molecule has 0 aliphatic heterocycles. The fraction of sp³-hybridized carbons (Fsp3) is 0.143. The predicted molar refractivity (Wildman–Crippen MR) is 39.4 cm³/mol. The molecule has 0 fully saturated rings. The van der Waals surface area contributed by atoms with Gasteiger partial charge in [-0.3, -0.25) is 9.59 Å². The number of Topliss-reactive ketones (excluding diaryl/α,β-unsaturated/α-hetero) is 1.